The maximum atomic E-state index is 11.9. The lowest BCUT2D eigenvalue weighted by atomic mass is 9.46. The monoisotopic (exact) mass is 359 g/mol. The molecule has 0 aromatic heterocycles. The maximum Gasteiger partial charge on any atom is 0.404 e. The van der Waals surface area contributed by atoms with Crippen molar-refractivity contribution < 1.29 is 14.7 Å². The van der Waals surface area contributed by atoms with Crippen molar-refractivity contribution in [1.29, 1.82) is 0 Å². The molecule has 0 heterocycles. The van der Waals surface area contributed by atoms with Crippen LogP contribution in [0.3, 0.4) is 0 Å². The van der Waals surface area contributed by atoms with Gasteiger partial charge in [0.05, 0.1) is 0 Å². The molecule has 4 rings (SSSR count). The Bertz CT molecular complexity index is 656. The maximum absolute atomic E-state index is 11.9. The molecule has 2 N–H and O–H groups in total. The van der Waals surface area contributed by atoms with Crippen LogP contribution in [0, 0.1) is 34.5 Å². The largest absolute Gasteiger partial charge is 0.465 e. The fourth-order valence-electron chi connectivity index (χ4n) is 7.72. The van der Waals surface area contributed by atoms with Crippen LogP contribution in [-0.2, 0) is 4.79 Å². The topological polar surface area (TPSA) is 66.4 Å². The van der Waals surface area contributed by atoms with Crippen LogP contribution in [0.4, 0.5) is 4.79 Å². The number of carbonyl (C=O) groups excluding carboxylic acids is 1. The zero-order valence-corrected chi connectivity index (χ0v) is 16.4. The first-order valence-corrected chi connectivity index (χ1v) is 10.5. The second-order valence-electron chi connectivity index (χ2n) is 9.94. The number of rotatable bonds is 2. The Morgan fingerprint density at radius 3 is 2.65 bits per heavy atom. The van der Waals surface area contributed by atoms with E-state index in [9.17, 15) is 9.59 Å². The molecule has 3 fully saturated rings. The van der Waals surface area contributed by atoms with Crippen LogP contribution in [0.1, 0.15) is 72.1 Å². The number of nitrogens with one attached hydrogen (secondary N) is 1. The van der Waals surface area contributed by atoms with Gasteiger partial charge in [0.1, 0.15) is 0 Å². The van der Waals surface area contributed by atoms with Gasteiger partial charge in [-0.1, -0.05) is 19.4 Å². The summed E-state index contributed by atoms with van der Waals surface area (Å²) in [6.07, 6.45) is 9.94. The third-order valence-electron chi connectivity index (χ3n) is 8.99. The molecule has 0 bridgehead atoms. The molecule has 4 heteroatoms. The van der Waals surface area contributed by atoms with Gasteiger partial charge in [-0.25, -0.2) is 4.79 Å². The van der Waals surface area contributed by atoms with E-state index in [1.807, 2.05) is 13.0 Å². The number of carbonyl (C=O) groups is 2. The quantitative estimate of drug-likeness (QED) is 0.745. The van der Waals surface area contributed by atoms with Crippen molar-refractivity contribution >= 4 is 11.9 Å². The highest BCUT2D eigenvalue weighted by Gasteiger charge is 2.59. The molecule has 4 aliphatic rings. The summed E-state index contributed by atoms with van der Waals surface area (Å²) in [5.74, 6) is 2.93. The van der Waals surface area contributed by atoms with Crippen molar-refractivity contribution in [2.45, 2.75) is 78.2 Å². The van der Waals surface area contributed by atoms with Gasteiger partial charge in [0, 0.05) is 12.5 Å². The Morgan fingerprint density at radius 2 is 1.92 bits per heavy atom. The van der Waals surface area contributed by atoms with E-state index in [-0.39, 0.29) is 16.9 Å². The minimum Gasteiger partial charge on any atom is -0.465 e. The average molecular weight is 360 g/mol. The van der Waals surface area contributed by atoms with Crippen molar-refractivity contribution in [3.63, 3.8) is 0 Å². The Morgan fingerprint density at radius 1 is 1.15 bits per heavy atom. The summed E-state index contributed by atoms with van der Waals surface area (Å²) in [5, 5.41) is 11.9. The van der Waals surface area contributed by atoms with Crippen molar-refractivity contribution in [1.82, 2.24) is 5.32 Å². The van der Waals surface area contributed by atoms with Crippen LogP contribution in [0.15, 0.2) is 11.6 Å². The Hall–Kier alpha value is -1.32. The van der Waals surface area contributed by atoms with E-state index >= 15 is 0 Å². The lowest BCUT2D eigenvalue weighted by Gasteiger charge is -2.58. The van der Waals surface area contributed by atoms with Gasteiger partial charge in [0.25, 0.3) is 0 Å². The van der Waals surface area contributed by atoms with E-state index in [0.29, 0.717) is 30.0 Å². The van der Waals surface area contributed by atoms with Crippen molar-refractivity contribution in [3.8, 4) is 0 Å². The summed E-state index contributed by atoms with van der Waals surface area (Å²) in [4.78, 5) is 23.1. The third kappa shape index (κ3) is 2.55. The van der Waals surface area contributed by atoms with Crippen LogP contribution >= 0.6 is 0 Å². The first-order chi connectivity index (χ1) is 12.3. The van der Waals surface area contributed by atoms with E-state index in [1.54, 1.807) is 0 Å². The molecule has 144 valence electrons. The molecule has 4 aliphatic carbocycles. The Labute approximate surface area is 156 Å². The summed E-state index contributed by atoms with van der Waals surface area (Å²) < 4.78 is 0. The molecule has 1 amide bonds. The van der Waals surface area contributed by atoms with E-state index < -0.39 is 6.09 Å². The summed E-state index contributed by atoms with van der Waals surface area (Å²) in [6.45, 7) is 6.91. The van der Waals surface area contributed by atoms with Crippen LogP contribution in [0.25, 0.3) is 0 Å². The van der Waals surface area contributed by atoms with Gasteiger partial charge < -0.3 is 10.4 Å². The molecular weight excluding hydrogens is 326 g/mol. The first-order valence-electron chi connectivity index (χ1n) is 10.5. The van der Waals surface area contributed by atoms with Crippen molar-refractivity contribution in [2.24, 2.45) is 34.5 Å². The molecule has 0 aromatic carbocycles. The summed E-state index contributed by atoms with van der Waals surface area (Å²) in [6, 6.07) is 0.0287. The molecule has 7 atom stereocenters. The molecule has 1 unspecified atom stereocenters. The van der Waals surface area contributed by atoms with Gasteiger partial charge in [0.15, 0.2) is 5.78 Å². The number of carboxylic acid groups (broad SMARTS) is 1. The van der Waals surface area contributed by atoms with Crippen LogP contribution in [0.2, 0.25) is 0 Å². The molecule has 0 spiro atoms. The minimum atomic E-state index is -0.898. The van der Waals surface area contributed by atoms with Gasteiger partial charge in [-0.2, -0.15) is 0 Å². The second kappa shape index (κ2) is 6.10. The van der Waals surface area contributed by atoms with Crippen LogP contribution < -0.4 is 5.32 Å². The average Bonchev–Trinajstić information content (AvgIpc) is 2.92. The van der Waals surface area contributed by atoms with E-state index in [2.05, 4.69) is 19.2 Å². The molecule has 3 saturated carbocycles. The van der Waals surface area contributed by atoms with E-state index in [0.717, 1.165) is 25.2 Å². The van der Waals surface area contributed by atoms with Crippen molar-refractivity contribution in [2.75, 3.05) is 0 Å². The van der Waals surface area contributed by atoms with Gasteiger partial charge in [0.2, 0.25) is 0 Å². The van der Waals surface area contributed by atoms with Gasteiger partial charge >= 0.3 is 6.09 Å². The number of allylic oxidation sites excluding steroid dienone is 1. The normalized spacial score (nSPS) is 45.8. The van der Waals surface area contributed by atoms with Crippen LogP contribution in [0.5, 0.6) is 0 Å². The lowest BCUT2D eigenvalue weighted by molar-refractivity contribution is -0.117. The van der Waals surface area contributed by atoms with Gasteiger partial charge in [-0.05, 0) is 92.4 Å². The highest BCUT2D eigenvalue weighted by atomic mass is 16.4. The lowest BCUT2D eigenvalue weighted by Crippen LogP contribution is -2.52. The van der Waals surface area contributed by atoms with E-state index in [4.69, 9.17) is 5.11 Å². The fourth-order valence-corrected chi connectivity index (χ4v) is 7.72. The van der Waals surface area contributed by atoms with Gasteiger partial charge in [-0.3, -0.25) is 4.79 Å². The summed E-state index contributed by atoms with van der Waals surface area (Å²) in [5.41, 5.74) is 1.90. The van der Waals surface area contributed by atoms with Gasteiger partial charge in [-0.15, -0.1) is 0 Å². The third-order valence-corrected chi connectivity index (χ3v) is 8.99. The molecule has 0 aromatic rings. The second-order valence-corrected chi connectivity index (χ2v) is 9.94. The van der Waals surface area contributed by atoms with Crippen LogP contribution in [-0.4, -0.2) is 23.0 Å². The van der Waals surface area contributed by atoms with Crippen molar-refractivity contribution in [3.05, 3.63) is 11.6 Å². The molecule has 4 nitrogen and oxygen atoms in total. The fraction of sp³-hybridized carbons (Fsp3) is 0.818. The molecule has 0 saturated heterocycles. The first kappa shape index (κ1) is 18.1. The predicted octanol–water partition coefficient (Wildman–Crippen LogP) is 4.79. The smallest absolute Gasteiger partial charge is 0.404 e. The summed E-state index contributed by atoms with van der Waals surface area (Å²) in [7, 11) is 0. The zero-order valence-electron chi connectivity index (χ0n) is 16.4. The number of amides is 1. The number of hydrogen-bond donors (Lipinski definition) is 2. The Balaban J connectivity index is 1.59. The SMILES string of the molecule is CC(NC(=O)O)[C@H]1CC[C@H]2[C@@H]3CCC4=CC(=O)CC[C@]4(C)[C@H]3CC[C@]12C. The Kier molecular flexibility index (Phi) is 4.24. The van der Waals surface area contributed by atoms with E-state index in [1.165, 1.54) is 31.3 Å². The molecular formula is C22H33NO3. The summed E-state index contributed by atoms with van der Waals surface area (Å²) >= 11 is 0. The number of ketones is 1. The standard InChI is InChI=1S/C22H33NO3/c1-13(23-20(25)26)17-6-7-18-16-5-4-14-12-15(24)8-10-21(14,2)19(16)9-11-22(17,18)3/h12-13,16-19,23H,4-11H2,1-3H3,(H,25,26)/t13?,16-,17+,18-,19-,21-,22+/m0/s1. The zero-order chi connectivity index (χ0) is 18.7. The molecule has 26 heavy (non-hydrogen) atoms. The highest BCUT2D eigenvalue weighted by Crippen LogP contribution is 2.66. The number of fused-ring (bicyclic) bond motifs is 5. The minimum absolute atomic E-state index is 0.0287. The predicted molar refractivity (Wildman–Crippen MR) is 101 cm³/mol. The highest BCUT2D eigenvalue weighted by molar-refractivity contribution is 5.91. The number of hydrogen-bond acceptors (Lipinski definition) is 2. The molecule has 0 radical (unpaired) electrons. The molecule has 0 aliphatic heterocycles.